The number of hydrogen-bond donors (Lipinski definition) is 1. The molecule has 1 aliphatic heterocycles. The summed E-state index contributed by atoms with van der Waals surface area (Å²) in [6, 6.07) is 1.18. The molecule has 1 fully saturated rings. The van der Waals surface area contributed by atoms with Gasteiger partial charge in [-0.05, 0) is 32.7 Å². The first kappa shape index (κ1) is 13.3. The summed E-state index contributed by atoms with van der Waals surface area (Å²) in [6.45, 7) is 8.44. The van der Waals surface area contributed by atoms with E-state index in [1.165, 1.54) is 19.3 Å². The first-order valence-corrected chi connectivity index (χ1v) is 7.06. The van der Waals surface area contributed by atoms with Crippen molar-refractivity contribution in [3.8, 4) is 0 Å². The Morgan fingerprint density at radius 2 is 2.00 bits per heavy atom. The Morgan fingerprint density at radius 3 is 2.61 bits per heavy atom. The van der Waals surface area contributed by atoms with Gasteiger partial charge in [0.1, 0.15) is 0 Å². The lowest BCUT2D eigenvalue weighted by atomic mass is 10.2. The van der Waals surface area contributed by atoms with Crippen LogP contribution in [0.5, 0.6) is 0 Å². The molecule has 1 N–H and O–H groups in total. The van der Waals surface area contributed by atoms with E-state index in [0.29, 0.717) is 12.1 Å². The fourth-order valence-electron chi connectivity index (χ4n) is 2.67. The predicted octanol–water partition coefficient (Wildman–Crippen LogP) is 2.35. The maximum absolute atomic E-state index is 4.54. The Labute approximate surface area is 110 Å². The van der Waals surface area contributed by atoms with E-state index in [-0.39, 0.29) is 0 Å². The van der Waals surface area contributed by atoms with Crippen molar-refractivity contribution in [1.29, 1.82) is 0 Å². The van der Waals surface area contributed by atoms with Gasteiger partial charge in [-0.3, -0.25) is 0 Å². The van der Waals surface area contributed by atoms with Crippen LogP contribution in [0.2, 0.25) is 0 Å². The number of rotatable bonds is 5. The molecule has 2 heterocycles. The van der Waals surface area contributed by atoms with E-state index in [4.69, 9.17) is 0 Å². The molecular weight excluding hydrogens is 224 g/mol. The van der Waals surface area contributed by atoms with Crippen molar-refractivity contribution < 1.29 is 0 Å². The maximum atomic E-state index is 4.54. The van der Waals surface area contributed by atoms with Crippen LogP contribution in [0.1, 0.15) is 45.6 Å². The van der Waals surface area contributed by atoms with Crippen LogP contribution in [0.15, 0.2) is 12.4 Å². The second-order valence-electron chi connectivity index (χ2n) is 5.07. The van der Waals surface area contributed by atoms with Gasteiger partial charge in [0.15, 0.2) is 0 Å². The fraction of sp³-hybridized carbons (Fsp3) is 0.714. The molecule has 0 bridgehead atoms. The Balaban J connectivity index is 2.08. The average molecular weight is 248 g/mol. The number of aromatic nitrogens is 2. The van der Waals surface area contributed by atoms with Crippen LogP contribution in [0.3, 0.4) is 0 Å². The highest BCUT2D eigenvalue weighted by Gasteiger charge is 2.30. The van der Waals surface area contributed by atoms with Crippen molar-refractivity contribution in [3.05, 3.63) is 18.0 Å². The fourth-order valence-corrected chi connectivity index (χ4v) is 2.67. The van der Waals surface area contributed by atoms with Crippen LogP contribution in [-0.2, 0) is 6.54 Å². The third-order valence-electron chi connectivity index (χ3n) is 3.76. The molecule has 1 aliphatic rings. The van der Waals surface area contributed by atoms with E-state index in [1.54, 1.807) is 0 Å². The summed E-state index contributed by atoms with van der Waals surface area (Å²) in [5, 5.41) is 3.29. The molecule has 0 radical (unpaired) electrons. The minimum absolute atomic E-state index is 0.564. The molecule has 0 aliphatic carbocycles. The maximum Gasteiger partial charge on any atom is 0.225 e. The lowest BCUT2D eigenvalue weighted by Gasteiger charge is -2.27. The highest BCUT2D eigenvalue weighted by atomic mass is 15.3. The van der Waals surface area contributed by atoms with Crippen LogP contribution < -0.4 is 10.2 Å². The standard InChI is InChI=1S/C14H24N4/c1-4-13-7-6-11(3)18(13)14-16-9-12(10-17-14)8-15-5-2/h9-11,13,15H,4-8H2,1-3H3. The third kappa shape index (κ3) is 2.80. The number of nitrogens with zero attached hydrogens (tertiary/aromatic N) is 3. The molecule has 2 unspecified atom stereocenters. The molecule has 0 aromatic carbocycles. The number of nitrogens with one attached hydrogen (secondary N) is 1. The van der Waals surface area contributed by atoms with E-state index in [1.807, 2.05) is 12.4 Å². The molecule has 4 nitrogen and oxygen atoms in total. The predicted molar refractivity (Wildman–Crippen MR) is 74.7 cm³/mol. The van der Waals surface area contributed by atoms with Crippen molar-refractivity contribution in [2.24, 2.45) is 0 Å². The van der Waals surface area contributed by atoms with Gasteiger partial charge in [-0.2, -0.15) is 0 Å². The first-order valence-electron chi connectivity index (χ1n) is 7.06. The van der Waals surface area contributed by atoms with Crippen molar-refractivity contribution in [3.63, 3.8) is 0 Å². The summed E-state index contributed by atoms with van der Waals surface area (Å²) in [4.78, 5) is 11.5. The minimum Gasteiger partial charge on any atom is -0.335 e. The van der Waals surface area contributed by atoms with Crippen LogP contribution in [0.4, 0.5) is 5.95 Å². The largest absolute Gasteiger partial charge is 0.335 e. The topological polar surface area (TPSA) is 41.1 Å². The summed E-state index contributed by atoms with van der Waals surface area (Å²) in [7, 11) is 0. The van der Waals surface area contributed by atoms with E-state index in [2.05, 4.69) is 41.0 Å². The molecule has 0 spiro atoms. The summed E-state index contributed by atoms with van der Waals surface area (Å²) < 4.78 is 0. The van der Waals surface area contributed by atoms with E-state index in [9.17, 15) is 0 Å². The Kier molecular flexibility index (Phi) is 4.53. The van der Waals surface area contributed by atoms with Gasteiger partial charge >= 0.3 is 0 Å². The molecule has 4 heteroatoms. The van der Waals surface area contributed by atoms with Gasteiger partial charge in [0.25, 0.3) is 0 Å². The van der Waals surface area contributed by atoms with Gasteiger partial charge in [-0.15, -0.1) is 0 Å². The average Bonchev–Trinajstić information content (AvgIpc) is 2.78. The van der Waals surface area contributed by atoms with Crippen molar-refractivity contribution >= 4 is 5.95 Å². The van der Waals surface area contributed by atoms with Gasteiger partial charge in [0.05, 0.1) is 0 Å². The summed E-state index contributed by atoms with van der Waals surface area (Å²) in [6.07, 6.45) is 7.58. The molecule has 2 rings (SSSR count). The normalized spacial score (nSPS) is 23.6. The van der Waals surface area contributed by atoms with E-state index >= 15 is 0 Å². The molecule has 0 saturated carbocycles. The van der Waals surface area contributed by atoms with Crippen LogP contribution in [-0.4, -0.2) is 28.6 Å². The highest BCUT2D eigenvalue weighted by molar-refractivity contribution is 5.35. The Bertz CT molecular complexity index is 363. The first-order chi connectivity index (χ1) is 8.76. The van der Waals surface area contributed by atoms with Crippen molar-refractivity contribution in [1.82, 2.24) is 15.3 Å². The summed E-state index contributed by atoms with van der Waals surface area (Å²) >= 11 is 0. The second kappa shape index (κ2) is 6.14. The van der Waals surface area contributed by atoms with Crippen molar-refractivity contribution in [2.45, 2.75) is 58.7 Å². The lowest BCUT2D eigenvalue weighted by molar-refractivity contribution is 0.611. The highest BCUT2D eigenvalue weighted by Crippen LogP contribution is 2.29. The molecule has 100 valence electrons. The molecule has 18 heavy (non-hydrogen) atoms. The number of anilines is 1. The monoisotopic (exact) mass is 248 g/mol. The molecule has 2 atom stereocenters. The molecular formula is C14H24N4. The molecule has 1 saturated heterocycles. The SMILES string of the molecule is CCNCc1cnc(N2C(C)CCC2CC)nc1. The minimum atomic E-state index is 0.564. The summed E-state index contributed by atoms with van der Waals surface area (Å²) in [5.41, 5.74) is 1.15. The molecule has 1 aromatic rings. The third-order valence-corrected chi connectivity index (χ3v) is 3.76. The smallest absolute Gasteiger partial charge is 0.225 e. The second-order valence-corrected chi connectivity index (χ2v) is 5.07. The lowest BCUT2D eigenvalue weighted by Crippen LogP contribution is -2.35. The van der Waals surface area contributed by atoms with Crippen LogP contribution in [0.25, 0.3) is 0 Å². The summed E-state index contributed by atoms with van der Waals surface area (Å²) in [5.74, 6) is 0.895. The zero-order valence-electron chi connectivity index (χ0n) is 11.7. The quantitative estimate of drug-likeness (QED) is 0.868. The van der Waals surface area contributed by atoms with E-state index in [0.717, 1.165) is 24.6 Å². The van der Waals surface area contributed by atoms with Crippen LogP contribution in [0, 0.1) is 0 Å². The van der Waals surface area contributed by atoms with Gasteiger partial charge < -0.3 is 10.2 Å². The zero-order chi connectivity index (χ0) is 13.0. The van der Waals surface area contributed by atoms with Gasteiger partial charge in [-0.1, -0.05) is 13.8 Å². The molecule has 1 aromatic heterocycles. The Hall–Kier alpha value is -1.16. The van der Waals surface area contributed by atoms with Gasteiger partial charge in [-0.25, -0.2) is 9.97 Å². The van der Waals surface area contributed by atoms with Crippen molar-refractivity contribution in [2.75, 3.05) is 11.4 Å². The number of hydrogen-bond acceptors (Lipinski definition) is 4. The van der Waals surface area contributed by atoms with E-state index < -0.39 is 0 Å². The van der Waals surface area contributed by atoms with Gasteiger partial charge in [0.2, 0.25) is 5.95 Å². The zero-order valence-corrected chi connectivity index (χ0v) is 11.7. The van der Waals surface area contributed by atoms with Crippen LogP contribution >= 0.6 is 0 Å². The molecule has 0 amide bonds. The van der Waals surface area contributed by atoms with Gasteiger partial charge in [0, 0.05) is 36.6 Å². The Morgan fingerprint density at radius 1 is 1.28 bits per heavy atom.